The Hall–Kier alpha value is -2.01. The van der Waals surface area contributed by atoms with Crippen molar-refractivity contribution < 1.29 is 4.79 Å². The molecule has 5 nitrogen and oxygen atoms in total. The van der Waals surface area contributed by atoms with Crippen LogP contribution in [0.2, 0.25) is 5.02 Å². The molecule has 2 rings (SSSR count). The van der Waals surface area contributed by atoms with Gasteiger partial charge in [0.15, 0.2) is 0 Å². The highest BCUT2D eigenvalue weighted by Gasteiger charge is 2.03. The molecule has 0 spiro atoms. The number of halogens is 1. The number of carbonyl (C=O) groups is 1. The summed E-state index contributed by atoms with van der Waals surface area (Å²) < 4.78 is 1.58. The van der Waals surface area contributed by atoms with Crippen LogP contribution >= 0.6 is 11.6 Å². The summed E-state index contributed by atoms with van der Waals surface area (Å²) in [5, 5.41) is 10.6. The quantitative estimate of drug-likeness (QED) is 0.878. The van der Waals surface area contributed by atoms with E-state index < -0.39 is 0 Å². The number of benzene rings is 1. The Balaban J connectivity index is 1.94. The Kier molecular flexibility index (Phi) is 4.41. The maximum absolute atomic E-state index is 11.2. The monoisotopic (exact) mass is 278 g/mol. The van der Waals surface area contributed by atoms with Crippen molar-refractivity contribution >= 4 is 23.2 Å². The summed E-state index contributed by atoms with van der Waals surface area (Å²) in [5.41, 5.74) is 1.87. The van der Waals surface area contributed by atoms with Gasteiger partial charge in [0, 0.05) is 24.8 Å². The molecule has 1 aromatic carbocycles. The second kappa shape index (κ2) is 6.24. The fraction of sp³-hybridized carbons (Fsp3) is 0.231. The molecule has 6 heteroatoms. The van der Waals surface area contributed by atoms with E-state index in [1.807, 2.05) is 24.3 Å². The van der Waals surface area contributed by atoms with E-state index in [0.717, 1.165) is 16.3 Å². The van der Waals surface area contributed by atoms with Crippen molar-refractivity contribution in [1.82, 2.24) is 15.1 Å². The molecule has 0 fully saturated rings. The van der Waals surface area contributed by atoms with Crippen LogP contribution in [0.5, 0.6) is 0 Å². The summed E-state index contributed by atoms with van der Waals surface area (Å²) >= 11 is 6.07. The van der Waals surface area contributed by atoms with Crippen molar-refractivity contribution in [1.29, 1.82) is 0 Å². The van der Waals surface area contributed by atoms with Crippen LogP contribution in [0, 0.1) is 0 Å². The fourth-order valence-corrected chi connectivity index (χ4v) is 1.81. The highest BCUT2D eigenvalue weighted by Crippen LogP contribution is 2.16. The van der Waals surface area contributed by atoms with Gasteiger partial charge in [0.1, 0.15) is 6.54 Å². The van der Waals surface area contributed by atoms with E-state index in [9.17, 15) is 4.79 Å². The lowest BCUT2D eigenvalue weighted by atomic mass is 10.2. The van der Waals surface area contributed by atoms with Gasteiger partial charge in [-0.1, -0.05) is 29.8 Å². The van der Waals surface area contributed by atoms with Crippen molar-refractivity contribution in [3.05, 3.63) is 47.2 Å². The number of hydrogen-bond acceptors (Lipinski definition) is 3. The molecule has 0 saturated carbocycles. The zero-order valence-corrected chi connectivity index (χ0v) is 11.3. The third kappa shape index (κ3) is 3.72. The van der Waals surface area contributed by atoms with Crippen LogP contribution in [0.3, 0.4) is 0 Å². The van der Waals surface area contributed by atoms with E-state index in [2.05, 4.69) is 15.7 Å². The summed E-state index contributed by atoms with van der Waals surface area (Å²) in [6.07, 6.45) is 3.46. The van der Waals surface area contributed by atoms with Gasteiger partial charge in [-0.2, -0.15) is 5.10 Å². The molecule has 1 aromatic heterocycles. The molecule has 0 atom stereocenters. The highest BCUT2D eigenvalue weighted by atomic mass is 35.5. The minimum Gasteiger partial charge on any atom is -0.378 e. The largest absolute Gasteiger partial charge is 0.378 e. The smallest absolute Gasteiger partial charge is 0.241 e. The van der Waals surface area contributed by atoms with Gasteiger partial charge in [-0.15, -0.1) is 0 Å². The number of nitrogens with one attached hydrogen (secondary N) is 2. The predicted molar refractivity (Wildman–Crippen MR) is 75.1 cm³/mol. The Labute approximate surface area is 116 Å². The Morgan fingerprint density at radius 1 is 1.42 bits per heavy atom. The molecule has 0 unspecified atom stereocenters. The first-order chi connectivity index (χ1) is 9.19. The fourth-order valence-electron chi connectivity index (χ4n) is 1.61. The lowest BCUT2D eigenvalue weighted by Crippen LogP contribution is -2.23. The van der Waals surface area contributed by atoms with E-state index in [1.54, 1.807) is 24.1 Å². The Morgan fingerprint density at radius 2 is 2.21 bits per heavy atom. The molecule has 0 aliphatic heterocycles. The maximum atomic E-state index is 11.2. The molecule has 0 saturated heterocycles. The molecule has 1 heterocycles. The summed E-state index contributed by atoms with van der Waals surface area (Å²) in [7, 11) is 1.60. The number of aromatic nitrogens is 2. The summed E-state index contributed by atoms with van der Waals surface area (Å²) in [5.74, 6) is -0.0826. The van der Waals surface area contributed by atoms with Crippen molar-refractivity contribution in [2.24, 2.45) is 0 Å². The normalized spacial score (nSPS) is 10.2. The van der Waals surface area contributed by atoms with Gasteiger partial charge in [0.05, 0.1) is 11.9 Å². The molecule has 0 bridgehead atoms. The van der Waals surface area contributed by atoms with E-state index in [0.29, 0.717) is 6.54 Å². The van der Waals surface area contributed by atoms with Crippen molar-refractivity contribution in [3.63, 3.8) is 0 Å². The Morgan fingerprint density at radius 3 is 2.95 bits per heavy atom. The van der Waals surface area contributed by atoms with Crippen LogP contribution < -0.4 is 10.6 Å². The first-order valence-corrected chi connectivity index (χ1v) is 6.27. The van der Waals surface area contributed by atoms with Gasteiger partial charge in [-0.3, -0.25) is 9.48 Å². The number of amides is 1. The third-order valence-electron chi connectivity index (χ3n) is 2.66. The number of hydrogen-bond donors (Lipinski definition) is 2. The van der Waals surface area contributed by atoms with E-state index >= 15 is 0 Å². The van der Waals surface area contributed by atoms with Crippen LogP contribution in [0.15, 0.2) is 36.7 Å². The first-order valence-electron chi connectivity index (χ1n) is 5.89. The van der Waals surface area contributed by atoms with E-state index in [4.69, 9.17) is 11.6 Å². The maximum Gasteiger partial charge on any atom is 0.241 e. The average molecular weight is 279 g/mol. The zero-order valence-electron chi connectivity index (χ0n) is 10.6. The minimum absolute atomic E-state index is 0.0826. The Bertz CT molecular complexity index is 567. The minimum atomic E-state index is -0.0826. The first kappa shape index (κ1) is 13.4. The third-order valence-corrected chi connectivity index (χ3v) is 3.03. The van der Waals surface area contributed by atoms with Crippen LogP contribution in [0.1, 0.15) is 5.56 Å². The van der Waals surface area contributed by atoms with Crippen LogP contribution in [0.25, 0.3) is 0 Å². The molecule has 19 heavy (non-hydrogen) atoms. The molecule has 1 amide bonds. The van der Waals surface area contributed by atoms with Crippen LogP contribution in [-0.4, -0.2) is 22.7 Å². The van der Waals surface area contributed by atoms with Gasteiger partial charge < -0.3 is 10.6 Å². The van der Waals surface area contributed by atoms with Gasteiger partial charge in [-0.05, 0) is 11.6 Å². The standard InChI is InChI=1S/C13H15ClN4O/c1-15-13(19)9-18-8-11(7-17-18)16-6-10-4-2-3-5-12(10)14/h2-5,7-8,16H,6,9H2,1H3,(H,15,19). The van der Waals surface area contributed by atoms with E-state index in [-0.39, 0.29) is 12.5 Å². The summed E-state index contributed by atoms with van der Waals surface area (Å²) in [6.45, 7) is 0.829. The van der Waals surface area contributed by atoms with E-state index in [1.165, 1.54) is 0 Å². The zero-order chi connectivity index (χ0) is 13.7. The lowest BCUT2D eigenvalue weighted by molar-refractivity contribution is -0.121. The van der Waals surface area contributed by atoms with Crippen molar-refractivity contribution in [3.8, 4) is 0 Å². The lowest BCUT2D eigenvalue weighted by Gasteiger charge is -2.05. The average Bonchev–Trinajstić information content (AvgIpc) is 2.85. The number of anilines is 1. The summed E-state index contributed by atoms with van der Waals surface area (Å²) in [6, 6.07) is 7.66. The van der Waals surface area contributed by atoms with Gasteiger partial charge in [0.25, 0.3) is 0 Å². The molecular weight excluding hydrogens is 264 g/mol. The number of rotatable bonds is 5. The van der Waals surface area contributed by atoms with Crippen molar-refractivity contribution in [2.75, 3.05) is 12.4 Å². The second-order valence-electron chi connectivity index (χ2n) is 4.04. The van der Waals surface area contributed by atoms with Crippen LogP contribution in [0.4, 0.5) is 5.69 Å². The van der Waals surface area contributed by atoms with Crippen LogP contribution in [-0.2, 0) is 17.9 Å². The molecular formula is C13H15ClN4O. The number of likely N-dealkylation sites (N-methyl/N-ethyl adjacent to an activating group) is 1. The SMILES string of the molecule is CNC(=O)Cn1cc(NCc2ccccc2Cl)cn1. The second-order valence-corrected chi connectivity index (χ2v) is 4.45. The van der Waals surface area contributed by atoms with Gasteiger partial charge in [-0.25, -0.2) is 0 Å². The number of carbonyl (C=O) groups excluding carboxylic acids is 1. The predicted octanol–water partition coefficient (Wildman–Crippen LogP) is 1.89. The molecule has 2 N–H and O–H groups in total. The molecule has 100 valence electrons. The van der Waals surface area contributed by atoms with Crippen molar-refractivity contribution in [2.45, 2.75) is 13.1 Å². The molecule has 0 aliphatic rings. The molecule has 0 aliphatic carbocycles. The van der Waals surface area contributed by atoms with Gasteiger partial charge >= 0.3 is 0 Å². The van der Waals surface area contributed by atoms with Gasteiger partial charge in [0.2, 0.25) is 5.91 Å². The highest BCUT2D eigenvalue weighted by molar-refractivity contribution is 6.31. The number of nitrogens with zero attached hydrogens (tertiary/aromatic N) is 2. The molecule has 2 aromatic rings. The summed E-state index contributed by atoms with van der Waals surface area (Å²) in [4.78, 5) is 11.2. The topological polar surface area (TPSA) is 59.0 Å². The molecule has 0 radical (unpaired) electrons.